The molecule has 1 aromatic heterocycles. The van der Waals surface area contributed by atoms with E-state index in [1.165, 1.54) is 54.0 Å². The van der Waals surface area contributed by atoms with Crippen LogP contribution < -0.4 is 10.6 Å². The molecule has 2 amide bonds. The summed E-state index contributed by atoms with van der Waals surface area (Å²) in [6.45, 7) is 8.10. The number of amides is 2. The minimum absolute atomic E-state index is 0.0236. The van der Waals surface area contributed by atoms with E-state index in [1.54, 1.807) is 50.4 Å². The molecule has 0 radical (unpaired) electrons. The highest BCUT2D eigenvalue weighted by atomic mass is 32.2. The Morgan fingerprint density at radius 2 is 1.27 bits per heavy atom. The van der Waals surface area contributed by atoms with E-state index in [0.717, 1.165) is 16.7 Å². The van der Waals surface area contributed by atoms with Gasteiger partial charge in [-0.1, -0.05) is 169 Å². The predicted octanol–water partition coefficient (Wildman–Crippen LogP) is 11.0. The summed E-state index contributed by atoms with van der Waals surface area (Å²) in [5, 5.41) is 23.5. The first-order chi connectivity index (χ1) is 37.0. The molecule has 3 heterocycles. The second-order valence-electron chi connectivity index (χ2n) is 19.6. The number of oxime groups is 1. The van der Waals surface area contributed by atoms with Crippen LogP contribution in [0.5, 0.6) is 0 Å². The Balaban J connectivity index is 1.06. The van der Waals surface area contributed by atoms with Crippen LogP contribution in [0.15, 0.2) is 204 Å². The quantitative estimate of drug-likeness (QED) is 0.0207. The maximum atomic E-state index is 14.9. The molecule has 2 aliphatic heterocycles. The molecule has 9 rings (SSSR count). The van der Waals surface area contributed by atoms with E-state index >= 15 is 0 Å². The van der Waals surface area contributed by atoms with Gasteiger partial charge in [0.25, 0.3) is 17.5 Å². The van der Waals surface area contributed by atoms with Crippen molar-refractivity contribution in [2.75, 3.05) is 11.1 Å². The molecule has 17 heteroatoms. The monoisotopic (exact) mass is 1070 g/mol. The van der Waals surface area contributed by atoms with E-state index in [9.17, 15) is 29.3 Å². The van der Waals surface area contributed by atoms with Crippen molar-refractivity contribution in [2.45, 2.75) is 68.9 Å². The highest BCUT2D eigenvalue weighted by molar-refractivity contribution is 8.00. The number of nitro benzene ring substituents is 1. The zero-order valence-corrected chi connectivity index (χ0v) is 44.3. The first kappa shape index (κ1) is 53.2. The van der Waals surface area contributed by atoms with E-state index < -0.39 is 62.9 Å². The van der Waals surface area contributed by atoms with Crippen molar-refractivity contribution < 1.29 is 38.4 Å². The number of nitrogens with one attached hydrogen (secondary N) is 2. The molecule has 390 valence electrons. The van der Waals surface area contributed by atoms with Crippen LogP contribution >= 0.6 is 23.1 Å². The number of carbonyl (C=O) groups is 4. The summed E-state index contributed by atoms with van der Waals surface area (Å²) in [6, 6.07) is 53.0. The number of aromatic nitrogens is 1. The Hall–Kier alpha value is -8.67. The van der Waals surface area contributed by atoms with Crippen molar-refractivity contribution >= 4 is 69.5 Å². The number of hydrogen-bond donors (Lipinski definition) is 2. The number of nitrogens with zero attached hydrogens (tertiary/aromatic N) is 4. The molecule has 0 spiro atoms. The first-order valence-corrected chi connectivity index (χ1v) is 26.6. The van der Waals surface area contributed by atoms with Gasteiger partial charge < -0.3 is 24.9 Å². The van der Waals surface area contributed by atoms with Crippen molar-refractivity contribution in [2.24, 2.45) is 5.16 Å². The lowest BCUT2D eigenvalue weighted by atomic mass is 9.77. The normalized spacial score (nSPS) is 15.8. The third-order valence-corrected chi connectivity index (χ3v) is 14.7. The van der Waals surface area contributed by atoms with Gasteiger partial charge in [-0.25, -0.2) is 14.6 Å². The molecule has 7 aromatic rings. The summed E-state index contributed by atoms with van der Waals surface area (Å²) in [5.74, 6) is -2.76. The van der Waals surface area contributed by atoms with Crippen molar-refractivity contribution in [3.63, 3.8) is 0 Å². The molecule has 1 fully saturated rings. The van der Waals surface area contributed by atoms with Crippen molar-refractivity contribution in [3.8, 4) is 0 Å². The Morgan fingerprint density at radius 3 is 1.78 bits per heavy atom. The summed E-state index contributed by atoms with van der Waals surface area (Å²) in [5.41, 5.74) is 1.34. The summed E-state index contributed by atoms with van der Waals surface area (Å²) in [7, 11) is 0. The third kappa shape index (κ3) is 11.8. The second-order valence-corrected chi connectivity index (χ2v) is 21.5. The van der Waals surface area contributed by atoms with Crippen LogP contribution in [0.3, 0.4) is 0 Å². The predicted molar refractivity (Wildman–Crippen MR) is 297 cm³/mol. The third-order valence-electron chi connectivity index (χ3n) is 12.6. The number of thioether (sulfide) groups is 1. The van der Waals surface area contributed by atoms with Crippen LogP contribution in [0.2, 0.25) is 0 Å². The highest BCUT2D eigenvalue weighted by Gasteiger charge is 2.55. The smallest absolute Gasteiger partial charge is 0.356 e. The number of fused-ring (bicyclic) bond motifs is 1. The number of nitro groups is 1. The fourth-order valence-corrected chi connectivity index (χ4v) is 10.9. The van der Waals surface area contributed by atoms with Gasteiger partial charge in [0, 0.05) is 23.3 Å². The van der Waals surface area contributed by atoms with Crippen LogP contribution in [-0.2, 0) is 39.0 Å². The van der Waals surface area contributed by atoms with Gasteiger partial charge in [0.05, 0.1) is 4.92 Å². The Morgan fingerprint density at radius 1 is 0.753 bits per heavy atom. The minimum Gasteiger partial charge on any atom is -0.457 e. The molecular weight excluding hydrogens is 1010 g/mol. The van der Waals surface area contributed by atoms with Gasteiger partial charge in [-0.05, 0) is 85.7 Å². The highest BCUT2D eigenvalue weighted by Crippen LogP contribution is 2.43. The van der Waals surface area contributed by atoms with Crippen LogP contribution in [0, 0.1) is 10.1 Å². The number of anilines is 1. The number of allylic oxidation sites excluding steroid dienone is 1. The first-order valence-electron chi connectivity index (χ1n) is 24.6. The van der Waals surface area contributed by atoms with E-state index in [-0.39, 0.29) is 28.5 Å². The van der Waals surface area contributed by atoms with Gasteiger partial charge in [0.15, 0.2) is 16.9 Å². The number of ether oxygens (including phenoxy) is 2. The number of rotatable bonds is 18. The summed E-state index contributed by atoms with van der Waals surface area (Å²) in [4.78, 5) is 80.8. The van der Waals surface area contributed by atoms with E-state index in [4.69, 9.17) is 19.3 Å². The Bertz CT molecular complexity index is 3230. The maximum absolute atomic E-state index is 14.9. The summed E-state index contributed by atoms with van der Waals surface area (Å²) >= 11 is 2.53. The SMILES string of the molecule is CC(C)(C)OC(=O)C(C)(C)ON=C(C(=O)NC1C(=O)N2C(C(=O)OC(c3ccccc3)c3ccccc3)=C(C=Cc3ccc([N+](=O)[O-])cc3)CS[C@@H]12)c1csc(NC(c2ccccc2)(c2ccccc2)c2ccccc2)n1. The van der Waals surface area contributed by atoms with Crippen molar-refractivity contribution in [1.29, 1.82) is 0 Å². The average molecular weight is 1070 g/mol. The van der Waals surface area contributed by atoms with Gasteiger partial charge in [0.1, 0.15) is 33.9 Å². The van der Waals surface area contributed by atoms with E-state index in [0.29, 0.717) is 27.4 Å². The Labute approximate surface area is 453 Å². The molecule has 1 unspecified atom stereocenters. The van der Waals surface area contributed by atoms with Gasteiger partial charge in [0.2, 0.25) is 5.60 Å². The lowest BCUT2D eigenvalue weighted by molar-refractivity contribution is -0.384. The maximum Gasteiger partial charge on any atom is 0.356 e. The van der Waals surface area contributed by atoms with Gasteiger partial charge in [-0.15, -0.1) is 23.1 Å². The molecule has 77 heavy (non-hydrogen) atoms. The van der Waals surface area contributed by atoms with Crippen molar-refractivity contribution in [1.82, 2.24) is 15.2 Å². The zero-order valence-electron chi connectivity index (χ0n) is 42.7. The van der Waals surface area contributed by atoms with Crippen molar-refractivity contribution in [3.05, 3.63) is 248 Å². The molecule has 1 saturated heterocycles. The number of benzene rings is 6. The van der Waals surface area contributed by atoms with Crippen LogP contribution in [0.4, 0.5) is 10.8 Å². The lowest BCUT2D eigenvalue weighted by Crippen LogP contribution is -2.71. The molecule has 0 bridgehead atoms. The lowest BCUT2D eigenvalue weighted by Gasteiger charge is -2.49. The average Bonchev–Trinajstić information content (AvgIpc) is 3.97. The number of non-ortho nitro benzene ring substituents is 1. The van der Waals surface area contributed by atoms with Crippen LogP contribution in [0.25, 0.3) is 6.08 Å². The summed E-state index contributed by atoms with van der Waals surface area (Å²) in [6.07, 6.45) is 2.53. The van der Waals surface area contributed by atoms with Gasteiger partial charge in [-0.3, -0.25) is 24.6 Å². The molecule has 0 aliphatic carbocycles. The summed E-state index contributed by atoms with van der Waals surface area (Å²) < 4.78 is 12.0. The fourth-order valence-electron chi connectivity index (χ4n) is 8.80. The molecule has 2 atom stereocenters. The number of hydrogen-bond acceptors (Lipinski definition) is 14. The molecular formula is C60H54N6O9S2. The second kappa shape index (κ2) is 22.7. The zero-order chi connectivity index (χ0) is 54.3. The molecule has 2 N–H and O–H groups in total. The fraction of sp³-hybridized carbons (Fsp3) is 0.200. The Kier molecular flexibility index (Phi) is 15.6. The standard InChI is InChI=1S/C60H54N6O9S2/c1-58(2,3)74-56(70)59(4,5)75-64-48(47-38-77-57(61-47)63-60(43-25-15-8-16-26-43,44-27-17-9-18-28-44)45-29-19-10-20-30-45)52(67)62-49-53(68)65-50(42(37-76-54(49)65)34-31-39-32-35-46(36-33-39)66(71)72)55(69)73-51(40-21-11-6-12-22-40)41-23-13-7-14-24-41/h6-36,38,49,51,54H,37H2,1-5H3,(H,61,63)(H,62,67)/t49?,54-/m0/s1. The number of thiazole rings is 1. The van der Waals surface area contributed by atoms with Crippen LogP contribution in [0.1, 0.15) is 79.8 Å². The van der Waals surface area contributed by atoms with Crippen LogP contribution in [-0.4, -0.2) is 72.6 Å². The molecule has 15 nitrogen and oxygen atoms in total. The largest absolute Gasteiger partial charge is 0.457 e. The van der Waals surface area contributed by atoms with E-state index in [2.05, 4.69) is 15.8 Å². The molecule has 6 aromatic carbocycles. The molecule has 0 saturated carbocycles. The van der Waals surface area contributed by atoms with E-state index in [1.807, 2.05) is 152 Å². The van der Waals surface area contributed by atoms with Gasteiger partial charge >= 0.3 is 11.9 Å². The topological polar surface area (TPSA) is 192 Å². The number of carbonyl (C=O) groups excluding carboxylic acids is 4. The van der Waals surface area contributed by atoms with Gasteiger partial charge in [-0.2, -0.15) is 0 Å². The number of β-lactam (4-membered cyclic amide) rings is 1. The molecule has 2 aliphatic rings. The number of esters is 2. The minimum atomic E-state index is -1.68.